The third-order valence-corrected chi connectivity index (χ3v) is 3.38. The van der Waals surface area contributed by atoms with E-state index in [0.29, 0.717) is 6.61 Å². The molecule has 0 bridgehead atoms. The van der Waals surface area contributed by atoms with Gasteiger partial charge in [-0.2, -0.15) is 11.8 Å². The Morgan fingerprint density at radius 3 is 2.65 bits per heavy atom. The molecule has 0 heterocycles. The van der Waals surface area contributed by atoms with E-state index in [2.05, 4.69) is 0 Å². The summed E-state index contributed by atoms with van der Waals surface area (Å²) in [4.78, 5) is 10.5. The highest BCUT2D eigenvalue weighted by atomic mass is 32.2. The smallest absolute Gasteiger partial charge is 0.304 e. The molecule has 0 amide bonds. The van der Waals surface area contributed by atoms with E-state index in [1.165, 1.54) is 5.56 Å². The number of ether oxygens (including phenoxy) is 1. The fourth-order valence-electron chi connectivity index (χ4n) is 1.35. The van der Waals surface area contributed by atoms with Gasteiger partial charge in [-0.1, -0.05) is 24.6 Å². The van der Waals surface area contributed by atoms with Gasteiger partial charge in [0.25, 0.3) is 0 Å². The zero-order valence-corrected chi connectivity index (χ0v) is 11.0. The van der Waals surface area contributed by atoms with Crippen molar-refractivity contribution in [3.63, 3.8) is 0 Å². The van der Waals surface area contributed by atoms with Gasteiger partial charge in [0.2, 0.25) is 0 Å². The normalized spacial score (nSPS) is 12.1. The zero-order chi connectivity index (χ0) is 12.7. The topological polar surface area (TPSA) is 46.5 Å². The number of carboxylic acid groups (broad SMARTS) is 1. The van der Waals surface area contributed by atoms with Gasteiger partial charge in [-0.25, -0.2) is 0 Å². The maximum absolute atomic E-state index is 10.5. The maximum atomic E-state index is 10.5. The molecule has 1 atom stereocenters. The van der Waals surface area contributed by atoms with Gasteiger partial charge in [0, 0.05) is 11.0 Å². The summed E-state index contributed by atoms with van der Waals surface area (Å²) in [6.07, 6.45) is 0.204. The van der Waals surface area contributed by atoms with E-state index in [-0.39, 0.29) is 11.7 Å². The number of hydrogen-bond donors (Lipinski definition) is 1. The third-order valence-electron chi connectivity index (χ3n) is 2.24. The number of carbonyl (C=O) groups is 1. The van der Waals surface area contributed by atoms with E-state index in [1.54, 1.807) is 11.8 Å². The molecule has 0 spiro atoms. The van der Waals surface area contributed by atoms with E-state index in [9.17, 15) is 4.79 Å². The number of aryl methyl sites for hydroxylation is 1. The van der Waals surface area contributed by atoms with Crippen LogP contribution in [0.2, 0.25) is 0 Å². The molecule has 0 saturated heterocycles. The quantitative estimate of drug-likeness (QED) is 0.760. The van der Waals surface area contributed by atoms with Crippen LogP contribution < -0.4 is 4.74 Å². The highest BCUT2D eigenvalue weighted by molar-refractivity contribution is 7.99. The molecule has 0 radical (unpaired) electrons. The number of carboxylic acids is 1. The predicted octanol–water partition coefficient (Wildman–Crippen LogP) is 2.97. The van der Waals surface area contributed by atoms with Crippen LogP contribution in [0.15, 0.2) is 24.3 Å². The maximum Gasteiger partial charge on any atom is 0.304 e. The van der Waals surface area contributed by atoms with Crippen LogP contribution in [0.25, 0.3) is 0 Å². The van der Waals surface area contributed by atoms with Gasteiger partial charge in [-0.05, 0) is 19.1 Å². The molecule has 1 aromatic rings. The van der Waals surface area contributed by atoms with Crippen molar-refractivity contribution in [2.45, 2.75) is 25.5 Å². The minimum absolute atomic E-state index is 0.133. The van der Waals surface area contributed by atoms with Gasteiger partial charge in [-0.15, -0.1) is 0 Å². The number of aliphatic carboxylic acids is 1. The first kappa shape index (κ1) is 13.9. The Labute approximate surface area is 106 Å². The lowest BCUT2D eigenvalue weighted by Gasteiger charge is -2.09. The lowest BCUT2D eigenvalue weighted by atomic mass is 10.2. The van der Waals surface area contributed by atoms with Crippen molar-refractivity contribution >= 4 is 17.7 Å². The average Bonchev–Trinajstić information content (AvgIpc) is 2.26. The summed E-state index contributed by atoms with van der Waals surface area (Å²) in [6, 6.07) is 7.91. The summed E-state index contributed by atoms with van der Waals surface area (Å²) in [7, 11) is 0. The molecule has 0 aliphatic rings. The minimum atomic E-state index is -0.746. The summed E-state index contributed by atoms with van der Waals surface area (Å²) in [5, 5.41) is 8.73. The molecular weight excluding hydrogens is 236 g/mol. The number of hydrogen-bond acceptors (Lipinski definition) is 3. The lowest BCUT2D eigenvalue weighted by Crippen LogP contribution is -2.09. The van der Waals surface area contributed by atoms with E-state index in [0.717, 1.165) is 11.5 Å². The average molecular weight is 254 g/mol. The van der Waals surface area contributed by atoms with Crippen LogP contribution in [0.3, 0.4) is 0 Å². The summed E-state index contributed by atoms with van der Waals surface area (Å²) in [5.74, 6) is 0.925. The third kappa shape index (κ3) is 6.22. The fraction of sp³-hybridized carbons (Fsp3) is 0.462. The Bertz CT molecular complexity index is 348. The van der Waals surface area contributed by atoms with Crippen LogP contribution in [0.1, 0.15) is 18.9 Å². The number of benzene rings is 1. The summed E-state index contributed by atoms with van der Waals surface area (Å²) in [5.41, 5.74) is 1.21. The molecule has 0 aromatic heterocycles. The van der Waals surface area contributed by atoms with Crippen LogP contribution in [0, 0.1) is 6.92 Å². The van der Waals surface area contributed by atoms with Crippen LogP contribution >= 0.6 is 11.8 Å². The SMILES string of the molecule is Cc1ccc(OCCSC(C)CC(=O)O)cc1. The predicted molar refractivity (Wildman–Crippen MR) is 70.8 cm³/mol. The summed E-state index contributed by atoms with van der Waals surface area (Å²) < 4.78 is 5.55. The molecule has 1 N–H and O–H groups in total. The van der Waals surface area contributed by atoms with Gasteiger partial charge >= 0.3 is 5.97 Å². The van der Waals surface area contributed by atoms with Gasteiger partial charge < -0.3 is 9.84 Å². The summed E-state index contributed by atoms with van der Waals surface area (Å²) in [6.45, 7) is 4.57. The van der Waals surface area contributed by atoms with E-state index in [4.69, 9.17) is 9.84 Å². The van der Waals surface area contributed by atoms with E-state index in [1.807, 2.05) is 38.1 Å². The Kier molecular flexibility index (Phi) is 5.91. The lowest BCUT2D eigenvalue weighted by molar-refractivity contribution is -0.136. The van der Waals surface area contributed by atoms with Crippen LogP contribution in [0.5, 0.6) is 5.75 Å². The molecule has 94 valence electrons. The molecule has 0 aliphatic heterocycles. The Hall–Kier alpha value is -1.16. The molecule has 1 aromatic carbocycles. The van der Waals surface area contributed by atoms with Crippen molar-refractivity contribution in [1.29, 1.82) is 0 Å². The number of thioether (sulfide) groups is 1. The van der Waals surface area contributed by atoms with Crippen LogP contribution in [-0.2, 0) is 4.79 Å². The first-order valence-electron chi connectivity index (χ1n) is 5.61. The van der Waals surface area contributed by atoms with Crippen molar-refractivity contribution in [1.82, 2.24) is 0 Å². The van der Waals surface area contributed by atoms with Crippen LogP contribution in [0.4, 0.5) is 0 Å². The molecule has 1 rings (SSSR count). The molecule has 1 unspecified atom stereocenters. The van der Waals surface area contributed by atoms with E-state index < -0.39 is 5.97 Å². The largest absolute Gasteiger partial charge is 0.493 e. The molecule has 0 saturated carbocycles. The second-order valence-corrected chi connectivity index (χ2v) is 5.49. The second-order valence-electron chi connectivity index (χ2n) is 3.94. The van der Waals surface area contributed by atoms with Crippen molar-refractivity contribution < 1.29 is 14.6 Å². The van der Waals surface area contributed by atoms with Crippen LogP contribution in [-0.4, -0.2) is 28.7 Å². The molecule has 3 nitrogen and oxygen atoms in total. The van der Waals surface area contributed by atoms with Gasteiger partial charge in [0.15, 0.2) is 0 Å². The van der Waals surface area contributed by atoms with E-state index >= 15 is 0 Å². The van der Waals surface area contributed by atoms with Gasteiger partial charge in [0.1, 0.15) is 5.75 Å². The fourth-order valence-corrected chi connectivity index (χ4v) is 2.19. The molecule has 0 fully saturated rings. The van der Waals surface area contributed by atoms with Crippen molar-refractivity contribution in [2.24, 2.45) is 0 Å². The highest BCUT2D eigenvalue weighted by Crippen LogP contribution is 2.15. The van der Waals surface area contributed by atoms with Crippen molar-refractivity contribution in [2.75, 3.05) is 12.4 Å². The first-order valence-corrected chi connectivity index (χ1v) is 6.65. The molecular formula is C13H18O3S. The number of rotatable bonds is 7. The zero-order valence-electron chi connectivity index (χ0n) is 10.2. The Morgan fingerprint density at radius 2 is 2.06 bits per heavy atom. The monoisotopic (exact) mass is 254 g/mol. The molecule has 17 heavy (non-hydrogen) atoms. The minimum Gasteiger partial charge on any atom is -0.493 e. The molecule has 4 heteroatoms. The highest BCUT2D eigenvalue weighted by Gasteiger charge is 2.07. The standard InChI is InChI=1S/C13H18O3S/c1-10-3-5-12(6-4-10)16-7-8-17-11(2)9-13(14)15/h3-6,11H,7-9H2,1-2H3,(H,14,15). The first-order chi connectivity index (χ1) is 8.08. The van der Waals surface area contributed by atoms with Gasteiger partial charge in [-0.3, -0.25) is 4.79 Å². The second kappa shape index (κ2) is 7.22. The van der Waals surface area contributed by atoms with Crippen molar-refractivity contribution in [3.8, 4) is 5.75 Å². The Morgan fingerprint density at radius 1 is 1.41 bits per heavy atom. The summed E-state index contributed by atoms with van der Waals surface area (Å²) >= 11 is 1.62. The Balaban J connectivity index is 2.15. The molecule has 0 aliphatic carbocycles. The van der Waals surface area contributed by atoms with Gasteiger partial charge in [0.05, 0.1) is 13.0 Å². The van der Waals surface area contributed by atoms with Crippen molar-refractivity contribution in [3.05, 3.63) is 29.8 Å².